The zero-order chi connectivity index (χ0) is 29.2. The van der Waals surface area contributed by atoms with Gasteiger partial charge >= 0.3 is 29.6 Å². The van der Waals surface area contributed by atoms with Gasteiger partial charge in [0.25, 0.3) is 0 Å². The molecule has 1 atom stereocenters. The summed E-state index contributed by atoms with van der Waals surface area (Å²) in [4.78, 5) is 15.9. The molecule has 216 valence electrons. The van der Waals surface area contributed by atoms with Crippen LogP contribution in [0.4, 0.5) is 0 Å². The number of hydrogen-bond acceptors (Lipinski definition) is 7. The summed E-state index contributed by atoms with van der Waals surface area (Å²) in [6, 6.07) is 19.9. The zero-order valence-electron chi connectivity index (χ0n) is 24.0. The molecule has 10 heteroatoms. The third-order valence-corrected chi connectivity index (χ3v) is 10.9. The van der Waals surface area contributed by atoms with Crippen molar-refractivity contribution in [2.75, 3.05) is 11.5 Å². The molecule has 5 nitrogen and oxygen atoms in total. The Hall–Kier alpha value is -1.29. The van der Waals surface area contributed by atoms with Crippen molar-refractivity contribution >= 4 is 62.5 Å². The van der Waals surface area contributed by atoms with Crippen molar-refractivity contribution in [1.82, 2.24) is 4.98 Å². The molecule has 0 spiro atoms. The molecule has 0 bridgehead atoms. The fourth-order valence-electron chi connectivity index (χ4n) is 5.27. The Balaban J connectivity index is 0.00000405. The summed E-state index contributed by atoms with van der Waals surface area (Å²) >= 11 is 15.8. The van der Waals surface area contributed by atoms with E-state index in [1.807, 2.05) is 48.5 Å². The van der Waals surface area contributed by atoms with Crippen LogP contribution in [0.1, 0.15) is 67.8 Å². The van der Waals surface area contributed by atoms with Crippen LogP contribution in [0.15, 0.2) is 60.7 Å². The normalized spacial score (nSPS) is 14.8. The summed E-state index contributed by atoms with van der Waals surface area (Å²) in [5.41, 5.74) is 3.23. The molecule has 1 N–H and O–H groups in total. The number of hydrogen-bond donors (Lipinski definition) is 1. The van der Waals surface area contributed by atoms with Crippen LogP contribution in [0, 0.1) is 5.41 Å². The van der Waals surface area contributed by atoms with E-state index in [1.165, 1.54) is 11.3 Å². The maximum atomic E-state index is 11.2. The number of halogens is 2. The average molecular weight is 653 g/mol. The maximum Gasteiger partial charge on any atom is 1.00 e. The molecule has 0 amide bonds. The first kappa shape index (κ1) is 33.6. The number of carbonyl (C=O) groups excluding carboxylic acids is 1. The third kappa shape index (κ3) is 8.05. The molecule has 0 saturated heterocycles. The Morgan fingerprint density at radius 3 is 2.50 bits per heavy atom. The van der Waals surface area contributed by atoms with E-state index >= 15 is 0 Å². The number of carboxylic acids is 1. The smallest absolute Gasteiger partial charge is 0.550 e. The van der Waals surface area contributed by atoms with Crippen LogP contribution in [0.3, 0.4) is 0 Å². The molecule has 2 heterocycles. The molecule has 0 radical (unpaired) electrons. The molecule has 0 aliphatic heterocycles. The number of aliphatic hydroxyl groups is 1. The summed E-state index contributed by atoms with van der Waals surface area (Å²) in [6.45, 7) is 3.87. The van der Waals surface area contributed by atoms with E-state index < -0.39 is 11.6 Å². The number of carboxylic acid groups (broad SMARTS) is 1. The molecule has 1 aliphatic rings. The van der Waals surface area contributed by atoms with Gasteiger partial charge in [0, 0.05) is 17.5 Å². The van der Waals surface area contributed by atoms with Crippen molar-refractivity contribution < 1.29 is 49.3 Å². The van der Waals surface area contributed by atoms with Gasteiger partial charge in [-0.15, -0.1) is 11.3 Å². The van der Waals surface area contributed by atoms with E-state index in [1.54, 1.807) is 25.6 Å². The molecule has 1 aliphatic carbocycles. The minimum absolute atomic E-state index is 0. The largest absolute Gasteiger partial charge is 1.00 e. The SMILES string of the molecule is CC(C)(O)c1ccccc1[C@@H](CCSCC1(CC(=O)[O-])CC1)c1ccccc1OCc1ccc2sc(Cl)c(Cl)c2n1.[Na+]. The molecule has 1 fully saturated rings. The van der Waals surface area contributed by atoms with Crippen LogP contribution in [-0.4, -0.2) is 27.6 Å². The number of fused-ring (bicyclic) bond motifs is 1. The van der Waals surface area contributed by atoms with E-state index in [-0.39, 0.29) is 53.9 Å². The van der Waals surface area contributed by atoms with Crippen molar-refractivity contribution in [2.24, 2.45) is 5.41 Å². The predicted molar refractivity (Wildman–Crippen MR) is 167 cm³/mol. The number of ether oxygens (including phenoxy) is 1. The van der Waals surface area contributed by atoms with E-state index in [2.05, 4.69) is 17.1 Å². The van der Waals surface area contributed by atoms with Crippen molar-refractivity contribution in [3.05, 3.63) is 92.4 Å². The number of aromatic nitrogens is 1. The second-order valence-corrected chi connectivity index (χ2v) is 14.4. The van der Waals surface area contributed by atoms with Crippen molar-refractivity contribution in [1.29, 1.82) is 0 Å². The number of thiophene rings is 1. The van der Waals surface area contributed by atoms with Gasteiger partial charge in [0.1, 0.15) is 22.2 Å². The molecule has 2 aromatic heterocycles. The summed E-state index contributed by atoms with van der Waals surface area (Å²) in [5, 5.41) is 22.7. The molecular weight excluding hydrogens is 620 g/mol. The Bertz CT molecular complexity index is 1550. The minimum Gasteiger partial charge on any atom is -0.550 e. The first-order valence-electron chi connectivity index (χ1n) is 13.6. The van der Waals surface area contributed by atoms with E-state index in [9.17, 15) is 15.0 Å². The number of carbonyl (C=O) groups is 1. The van der Waals surface area contributed by atoms with E-state index in [0.717, 1.165) is 63.6 Å². The minimum atomic E-state index is -1.02. The van der Waals surface area contributed by atoms with Gasteiger partial charge in [-0.25, -0.2) is 4.98 Å². The van der Waals surface area contributed by atoms with Gasteiger partial charge < -0.3 is 19.7 Å². The Kier molecular flexibility index (Phi) is 11.4. The van der Waals surface area contributed by atoms with Crippen LogP contribution in [0.2, 0.25) is 9.36 Å². The molecule has 42 heavy (non-hydrogen) atoms. The van der Waals surface area contributed by atoms with Gasteiger partial charge in [-0.05, 0) is 85.8 Å². The van der Waals surface area contributed by atoms with Crippen molar-refractivity contribution in [2.45, 2.75) is 57.7 Å². The zero-order valence-corrected chi connectivity index (χ0v) is 29.1. The molecular formula is C32H32Cl2NNaO4S2. The first-order valence-corrected chi connectivity index (χ1v) is 16.3. The second kappa shape index (κ2) is 14.2. The number of aliphatic carboxylic acids is 1. The van der Waals surface area contributed by atoms with Gasteiger partial charge in [-0.2, -0.15) is 11.8 Å². The van der Waals surface area contributed by atoms with Crippen molar-refractivity contribution in [3.8, 4) is 5.75 Å². The van der Waals surface area contributed by atoms with Gasteiger partial charge in [0.2, 0.25) is 0 Å². The summed E-state index contributed by atoms with van der Waals surface area (Å²) in [7, 11) is 0. The van der Waals surface area contributed by atoms with Gasteiger partial charge in [0.15, 0.2) is 0 Å². The summed E-state index contributed by atoms with van der Waals surface area (Å²) < 4.78 is 7.84. The number of rotatable bonds is 13. The Morgan fingerprint density at radius 2 is 1.81 bits per heavy atom. The molecule has 0 unspecified atom stereocenters. The fourth-order valence-corrected chi connectivity index (χ4v) is 8.06. The summed E-state index contributed by atoms with van der Waals surface area (Å²) in [6.07, 6.45) is 2.81. The molecule has 4 aromatic rings. The summed E-state index contributed by atoms with van der Waals surface area (Å²) in [5.74, 6) is 1.38. The van der Waals surface area contributed by atoms with E-state index in [4.69, 9.17) is 27.9 Å². The average Bonchev–Trinajstić information content (AvgIpc) is 3.63. The van der Waals surface area contributed by atoms with Gasteiger partial charge in [-0.1, -0.05) is 65.7 Å². The number of pyridine rings is 1. The standard InChI is InChI=1S/C32H33Cl2NO4S2.Na/c1-31(2,38)24-9-5-3-7-22(24)21(13-16-40-19-32(14-15-32)17-27(36)37)23-8-4-6-10-25(23)39-18-20-11-12-26-29(35-20)28(33)30(34)41-26;/h3-12,21,38H,13-19H2,1-2H3,(H,36,37);/q;+1/p-1/t21-;/m1./s1. The number of benzene rings is 2. The van der Waals surface area contributed by atoms with Gasteiger partial charge in [0.05, 0.1) is 21.0 Å². The first-order chi connectivity index (χ1) is 19.6. The molecule has 2 aromatic carbocycles. The third-order valence-electron chi connectivity index (χ3n) is 7.60. The number of nitrogens with zero attached hydrogens (tertiary/aromatic N) is 1. The predicted octanol–water partition coefficient (Wildman–Crippen LogP) is 4.59. The fraction of sp³-hybridized carbons (Fsp3) is 0.375. The topological polar surface area (TPSA) is 82.5 Å². The quantitative estimate of drug-likeness (QED) is 0.168. The number of para-hydroxylation sites is 1. The van der Waals surface area contributed by atoms with Crippen LogP contribution < -0.4 is 39.4 Å². The van der Waals surface area contributed by atoms with Gasteiger partial charge in [-0.3, -0.25) is 0 Å². The van der Waals surface area contributed by atoms with E-state index in [0.29, 0.717) is 14.9 Å². The Morgan fingerprint density at radius 1 is 1.12 bits per heavy atom. The van der Waals surface area contributed by atoms with Crippen LogP contribution in [0.25, 0.3) is 10.2 Å². The Labute approximate surface area is 287 Å². The van der Waals surface area contributed by atoms with Crippen LogP contribution >= 0.6 is 46.3 Å². The van der Waals surface area contributed by atoms with Crippen molar-refractivity contribution in [3.63, 3.8) is 0 Å². The monoisotopic (exact) mass is 651 g/mol. The second-order valence-electron chi connectivity index (χ2n) is 11.3. The van der Waals surface area contributed by atoms with Crippen LogP contribution in [-0.2, 0) is 17.0 Å². The molecule has 1 saturated carbocycles. The molecule has 5 rings (SSSR count). The number of thioether (sulfide) groups is 1. The maximum absolute atomic E-state index is 11.2. The van der Waals surface area contributed by atoms with Crippen LogP contribution in [0.5, 0.6) is 5.75 Å².